The van der Waals surface area contributed by atoms with Crippen LogP contribution in [0.25, 0.3) is 22.7 Å². The van der Waals surface area contributed by atoms with Crippen LogP contribution in [-0.4, -0.2) is 28.0 Å². The molecule has 0 spiro atoms. The minimum absolute atomic E-state index is 1.05. The van der Waals surface area contributed by atoms with Gasteiger partial charge in [-0.1, -0.05) is 11.6 Å². The van der Waals surface area contributed by atoms with Crippen LogP contribution in [0.1, 0.15) is 40.1 Å². The lowest BCUT2D eigenvalue weighted by atomic mass is 10.0. The molecule has 0 amide bonds. The van der Waals surface area contributed by atoms with Crippen LogP contribution in [0.5, 0.6) is 0 Å². The van der Waals surface area contributed by atoms with E-state index in [1.165, 1.54) is 44.4 Å². The van der Waals surface area contributed by atoms with Gasteiger partial charge in [0.05, 0.1) is 5.52 Å². The van der Waals surface area contributed by atoms with Crippen LogP contribution in [0.4, 0.5) is 0 Å². The Labute approximate surface area is 155 Å². The van der Waals surface area contributed by atoms with Gasteiger partial charge in [0.2, 0.25) is 0 Å². The largest absolute Gasteiger partial charge is 0.320 e. The summed E-state index contributed by atoms with van der Waals surface area (Å²) in [6.45, 7) is 6.45. The predicted octanol–water partition coefficient (Wildman–Crippen LogP) is 4.59. The van der Waals surface area contributed by atoms with Gasteiger partial charge in [-0.3, -0.25) is 4.98 Å². The van der Waals surface area contributed by atoms with Crippen molar-refractivity contribution in [3.63, 3.8) is 0 Å². The van der Waals surface area contributed by atoms with Crippen molar-refractivity contribution in [2.45, 2.75) is 39.7 Å². The predicted molar refractivity (Wildman–Crippen MR) is 108 cm³/mol. The molecule has 0 unspecified atom stereocenters. The van der Waals surface area contributed by atoms with Crippen molar-refractivity contribution in [1.29, 1.82) is 0 Å². The van der Waals surface area contributed by atoms with E-state index in [1.54, 1.807) is 0 Å². The lowest BCUT2D eigenvalue weighted by Crippen LogP contribution is -2.26. The SMILES string of the molecule is Cc1ccc2c(c1)c1c(n2/C=C2\CCc3cnc(C)cc32)CCN(C)C1. The molecule has 1 aliphatic carbocycles. The molecule has 1 aromatic carbocycles. The molecule has 5 rings (SSSR count). The highest BCUT2D eigenvalue weighted by molar-refractivity contribution is 5.91. The van der Waals surface area contributed by atoms with Gasteiger partial charge in [0.1, 0.15) is 0 Å². The molecule has 132 valence electrons. The molecular formula is C23H25N3. The smallest absolute Gasteiger partial charge is 0.0529 e. The normalized spacial score (nSPS) is 18.5. The number of hydrogen-bond acceptors (Lipinski definition) is 2. The van der Waals surface area contributed by atoms with E-state index in [4.69, 9.17) is 0 Å². The van der Waals surface area contributed by atoms with Crippen molar-refractivity contribution in [3.05, 3.63) is 64.1 Å². The molecule has 0 radical (unpaired) electrons. The van der Waals surface area contributed by atoms with Gasteiger partial charge >= 0.3 is 0 Å². The minimum atomic E-state index is 1.05. The molecule has 3 heteroatoms. The highest BCUT2D eigenvalue weighted by Crippen LogP contribution is 2.36. The number of rotatable bonds is 1. The van der Waals surface area contributed by atoms with Gasteiger partial charge in [-0.2, -0.15) is 0 Å². The van der Waals surface area contributed by atoms with Gasteiger partial charge < -0.3 is 9.47 Å². The standard InChI is InChI=1S/C23H25N3/c1-15-4-7-22-20(10-15)21-14-25(3)9-8-23(21)26(22)13-18-6-5-17-12-24-16(2)11-19(17)18/h4,7,10-13H,5-6,8-9,14H2,1-3H3/b18-13+. The molecule has 2 aliphatic rings. The maximum absolute atomic E-state index is 4.48. The minimum Gasteiger partial charge on any atom is -0.320 e. The third kappa shape index (κ3) is 2.42. The second-order valence-electron chi connectivity index (χ2n) is 7.94. The summed E-state index contributed by atoms with van der Waals surface area (Å²) < 4.78 is 2.48. The van der Waals surface area contributed by atoms with Crippen molar-refractivity contribution < 1.29 is 0 Å². The zero-order valence-corrected chi connectivity index (χ0v) is 15.8. The lowest BCUT2D eigenvalue weighted by Gasteiger charge is -2.23. The third-order valence-corrected chi connectivity index (χ3v) is 5.95. The van der Waals surface area contributed by atoms with E-state index in [0.717, 1.165) is 38.0 Å². The summed E-state index contributed by atoms with van der Waals surface area (Å²) >= 11 is 0. The molecule has 3 nitrogen and oxygen atoms in total. The van der Waals surface area contributed by atoms with Crippen LogP contribution in [0.15, 0.2) is 30.5 Å². The highest BCUT2D eigenvalue weighted by Gasteiger charge is 2.23. The maximum atomic E-state index is 4.48. The molecule has 26 heavy (non-hydrogen) atoms. The van der Waals surface area contributed by atoms with Crippen LogP contribution in [-0.2, 0) is 19.4 Å². The summed E-state index contributed by atoms with van der Waals surface area (Å²) in [5, 5.41) is 1.42. The van der Waals surface area contributed by atoms with E-state index >= 15 is 0 Å². The quantitative estimate of drug-likeness (QED) is 0.644. The second-order valence-corrected chi connectivity index (χ2v) is 7.94. The molecule has 2 aromatic heterocycles. The first kappa shape index (κ1) is 15.8. The zero-order chi connectivity index (χ0) is 17.8. The molecule has 0 atom stereocenters. The average molecular weight is 343 g/mol. The van der Waals surface area contributed by atoms with Crippen molar-refractivity contribution in [1.82, 2.24) is 14.5 Å². The third-order valence-electron chi connectivity index (χ3n) is 5.95. The first-order valence-corrected chi connectivity index (χ1v) is 9.57. The first-order chi connectivity index (χ1) is 12.6. The lowest BCUT2D eigenvalue weighted by molar-refractivity contribution is 0.312. The fourth-order valence-corrected chi connectivity index (χ4v) is 4.57. The van der Waals surface area contributed by atoms with Crippen molar-refractivity contribution >= 4 is 22.7 Å². The number of aromatic nitrogens is 2. The van der Waals surface area contributed by atoms with Crippen LogP contribution in [0, 0.1) is 13.8 Å². The van der Waals surface area contributed by atoms with Crippen molar-refractivity contribution in [2.24, 2.45) is 0 Å². The van der Waals surface area contributed by atoms with E-state index in [0.29, 0.717) is 0 Å². The van der Waals surface area contributed by atoms with Crippen LogP contribution < -0.4 is 0 Å². The summed E-state index contributed by atoms with van der Waals surface area (Å²) in [6.07, 6.45) is 7.81. The van der Waals surface area contributed by atoms with Gasteiger partial charge in [-0.15, -0.1) is 0 Å². The molecule has 0 saturated carbocycles. The zero-order valence-electron chi connectivity index (χ0n) is 15.8. The number of fused-ring (bicyclic) bond motifs is 4. The number of nitrogens with zero attached hydrogens (tertiary/aromatic N) is 3. The Balaban J connectivity index is 1.73. The fourth-order valence-electron chi connectivity index (χ4n) is 4.57. The van der Waals surface area contributed by atoms with Crippen molar-refractivity contribution in [2.75, 3.05) is 13.6 Å². The Kier molecular flexibility index (Phi) is 3.54. The Morgan fingerprint density at radius 3 is 2.85 bits per heavy atom. The molecule has 0 fully saturated rings. The Hall–Kier alpha value is -2.39. The molecule has 1 aliphatic heterocycles. The summed E-state index contributed by atoms with van der Waals surface area (Å²) in [7, 11) is 2.23. The number of allylic oxidation sites excluding steroid dienone is 1. The van der Waals surface area contributed by atoms with E-state index in [1.807, 2.05) is 0 Å². The summed E-state index contributed by atoms with van der Waals surface area (Å²) in [6, 6.07) is 9.15. The van der Waals surface area contributed by atoms with E-state index in [2.05, 4.69) is 72.0 Å². The number of benzene rings is 1. The van der Waals surface area contributed by atoms with Gasteiger partial charge in [0, 0.05) is 48.7 Å². The summed E-state index contributed by atoms with van der Waals surface area (Å²) in [5.74, 6) is 0. The Morgan fingerprint density at radius 1 is 1.08 bits per heavy atom. The van der Waals surface area contributed by atoms with Crippen molar-refractivity contribution in [3.8, 4) is 0 Å². The van der Waals surface area contributed by atoms with Crippen LogP contribution in [0.3, 0.4) is 0 Å². The molecular weight excluding hydrogens is 318 g/mol. The van der Waals surface area contributed by atoms with Gasteiger partial charge in [-0.05, 0) is 74.2 Å². The Morgan fingerprint density at radius 2 is 1.96 bits per heavy atom. The molecule has 0 N–H and O–H groups in total. The summed E-state index contributed by atoms with van der Waals surface area (Å²) in [4.78, 5) is 6.91. The van der Waals surface area contributed by atoms with Crippen LogP contribution >= 0.6 is 0 Å². The topological polar surface area (TPSA) is 21.1 Å². The first-order valence-electron chi connectivity index (χ1n) is 9.57. The molecule has 3 aromatic rings. The number of aryl methyl sites for hydroxylation is 3. The second kappa shape index (κ2) is 5.82. The average Bonchev–Trinajstić information content (AvgIpc) is 3.14. The molecule has 0 saturated heterocycles. The monoisotopic (exact) mass is 343 g/mol. The number of likely N-dealkylation sites (N-methyl/N-ethyl adjacent to an activating group) is 1. The molecule has 3 heterocycles. The van der Waals surface area contributed by atoms with E-state index in [-0.39, 0.29) is 0 Å². The van der Waals surface area contributed by atoms with Gasteiger partial charge in [-0.25, -0.2) is 0 Å². The summed E-state index contributed by atoms with van der Waals surface area (Å²) in [5.41, 5.74) is 11.0. The van der Waals surface area contributed by atoms with E-state index < -0.39 is 0 Å². The molecule has 0 bridgehead atoms. The van der Waals surface area contributed by atoms with Gasteiger partial charge in [0.25, 0.3) is 0 Å². The fraction of sp³-hybridized carbons (Fsp3) is 0.348. The van der Waals surface area contributed by atoms with E-state index in [9.17, 15) is 0 Å². The highest BCUT2D eigenvalue weighted by atomic mass is 15.1. The number of hydrogen-bond donors (Lipinski definition) is 0. The Bertz CT molecular complexity index is 1050. The van der Waals surface area contributed by atoms with Gasteiger partial charge in [0.15, 0.2) is 0 Å². The van der Waals surface area contributed by atoms with Crippen LogP contribution in [0.2, 0.25) is 0 Å². The maximum Gasteiger partial charge on any atom is 0.0529 e. The number of pyridine rings is 1.